The third-order valence-corrected chi connectivity index (χ3v) is 3.73. The van der Waals surface area contributed by atoms with Crippen LogP contribution in [0, 0.1) is 0 Å². The van der Waals surface area contributed by atoms with Gasteiger partial charge in [0.25, 0.3) is 0 Å². The average molecular weight is 390 g/mol. The van der Waals surface area contributed by atoms with Gasteiger partial charge in [-0.25, -0.2) is 8.42 Å². The molecule has 0 aromatic carbocycles. The topological polar surface area (TPSA) is 68.3 Å². The van der Waals surface area contributed by atoms with Crippen molar-refractivity contribution in [3.63, 3.8) is 0 Å². The molecule has 0 atom stereocenters. The molecule has 1 rings (SSSR count). The van der Waals surface area contributed by atoms with Crippen molar-refractivity contribution in [1.82, 2.24) is 0 Å². The Labute approximate surface area is 136 Å². The number of unbranched alkanes of at least 4 members (excludes halogenated alkanes) is 3. The van der Waals surface area contributed by atoms with Gasteiger partial charge in [0, 0.05) is 32.0 Å². The van der Waals surface area contributed by atoms with Crippen LogP contribution in [0.1, 0.15) is 64.7 Å². The lowest BCUT2D eigenvalue weighted by atomic mass is 10.2. The van der Waals surface area contributed by atoms with Crippen molar-refractivity contribution in [3.05, 3.63) is 0 Å². The van der Waals surface area contributed by atoms with Crippen LogP contribution in [0.3, 0.4) is 0 Å². The van der Waals surface area contributed by atoms with Crippen LogP contribution in [0.25, 0.3) is 0 Å². The Hall–Kier alpha value is 0.770. The van der Waals surface area contributed by atoms with Gasteiger partial charge < -0.3 is 0 Å². The number of hydrogen-bond acceptors (Lipinski definition) is 4. The minimum atomic E-state index is -3.72. The van der Waals surface area contributed by atoms with Crippen LogP contribution in [0.4, 0.5) is 0 Å². The maximum atomic E-state index is 10.4. The summed E-state index contributed by atoms with van der Waals surface area (Å²) in [5.41, 5.74) is 0. The first-order valence-corrected chi connectivity index (χ1v) is 12.2. The van der Waals surface area contributed by atoms with Crippen LogP contribution in [-0.2, 0) is 17.3 Å². The summed E-state index contributed by atoms with van der Waals surface area (Å²) >= 11 is 0. The second-order valence-corrected chi connectivity index (χ2v) is 11.0. The van der Waals surface area contributed by atoms with E-state index in [1.165, 1.54) is 32.1 Å². The molecule has 124 valence electrons. The standard InChI is InChI=1S/C6H13ClO2S.C5H10.Cl2O2S/c1-2-3-4-5-6-10(7,8)9;1-2-4-5-3-1;1-5(2,3)4/h2-6H2,1H3;1-5H2;. The van der Waals surface area contributed by atoms with Gasteiger partial charge in [-0.05, 0) is 6.42 Å². The molecule has 1 aliphatic carbocycles. The Bertz CT molecular complexity index is 388. The molecular formula is C11H23Cl3O4S2. The highest BCUT2D eigenvalue weighted by molar-refractivity contribution is 8.31. The number of hydrogen-bond donors (Lipinski definition) is 0. The molecule has 1 aliphatic rings. The van der Waals surface area contributed by atoms with Crippen molar-refractivity contribution in [2.75, 3.05) is 5.75 Å². The highest BCUT2D eigenvalue weighted by atomic mass is 36.0. The molecule has 0 N–H and O–H groups in total. The van der Waals surface area contributed by atoms with E-state index in [-0.39, 0.29) is 5.75 Å². The zero-order valence-corrected chi connectivity index (χ0v) is 15.6. The molecule has 0 aromatic heterocycles. The van der Waals surface area contributed by atoms with Crippen molar-refractivity contribution >= 4 is 49.4 Å². The summed E-state index contributed by atoms with van der Waals surface area (Å²) < 4.78 is 39.0. The molecule has 9 heteroatoms. The number of rotatable bonds is 5. The molecule has 0 radical (unpaired) electrons. The predicted octanol–water partition coefficient (Wildman–Crippen LogP) is 4.79. The van der Waals surface area contributed by atoms with E-state index >= 15 is 0 Å². The Balaban J connectivity index is 0. The third kappa shape index (κ3) is 36.3. The lowest BCUT2D eigenvalue weighted by molar-refractivity contribution is 0.602. The van der Waals surface area contributed by atoms with Crippen LogP contribution in [-0.4, -0.2) is 22.6 Å². The van der Waals surface area contributed by atoms with E-state index < -0.39 is 17.3 Å². The predicted molar refractivity (Wildman–Crippen MR) is 87.5 cm³/mol. The molecule has 0 amide bonds. The number of halogens is 3. The summed E-state index contributed by atoms with van der Waals surface area (Å²) in [6.45, 7) is 2.08. The minimum Gasteiger partial charge on any atom is -0.212 e. The molecule has 4 nitrogen and oxygen atoms in total. The van der Waals surface area contributed by atoms with Crippen LogP contribution >= 0.6 is 32.0 Å². The highest BCUT2D eigenvalue weighted by Gasteiger charge is 2.02. The molecule has 0 spiro atoms. The van der Waals surface area contributed by atoms with Crippen LogP contribution in [0.15, 0.2) is 0 Å². The van der Waals surface area contributed by atoms with Crippen molar-refractivity contribution in [2.24, 2.45) is 0 Å². The van der Waals surface area contributed by atoms with Gasteiger partial charge in [0.15, 0.2) is 0 Å². The van der Waals surface area contributed by atoms with E-state index in [1.807, 2.05) is 0 Å². The van der Waals surface area contributed by atoms with Crippen molar-refractivity contribution in [2.45, 2.75) is 64.7 Å². The van der Waals surface area contributed by atoms with E-state index in [4.69, 9.17) is 19.1 Å². The molecule has 0 bridgehead atoms. The van der Waals surface area contributed by atoms with Gasteiger partial charge in [0.05, 0.1) is 5.75 Å². The zero-order valence-electron chi connectivity index (χ0n) is 11.7. The van der Waals surface area contributed by atoms with Crippen LogP contribution < -0.4 is 0 Å². The van der Waals surface area contributed by atoms with E-state index in [0.29, 0.717) is 6.42 Å². The molecule has 0 unspecified atom stereocenters. The van der Waals surface area contributed by atoms with Gasteiger partial charge >= 0.3 is 8.26 Å². The molecule has 1 saturated carbocycles. The second-order valence-electron chi connectivity index (χ2n) is 4.45. The van der Waals surface area contributed by atoms with E-state index in [2.05, 4.69) is 28.3 Å². The molecule has 0 aliphatic heterocycles. The Kier molecular flexibility index (Phi) is 15.5. The van der Waals surface area contributed by atoms with Gasteiger partial charge in [-0.1, -0.05) is 58.3 Å². The van der Waals surface area contributed by atoms with Crippen molar-refractivity contribution in [1.29, 1.82) is 0 Å². The Morgan fingerprint density at radius 2 is 1.10 bits per heavy atom. The van der Waals surface area contributed by atoms with Gasteiger partial charge in [-0.2, -0.15) is 8.42 Å². The quantitative estimate of drug-likeness (QED) is 0.500. The van der Waals surface area contributed by atoms with Gasteiger partial charge in [0.1, 0.15) is 0 Å². The first-order chi connectivity index (χ1) is 9.06. The third-order valence-electron chi connectivity index (χ3n) is 2.49. The van der Waals surface area contributed by atoms with Gasteiger partial charge in [0.2, 0.25) is 9.05 Å². The lowest BCUT2D eigenvalue weighted by Crippen LogP contribution is -1.96. The molecule has 1 fully saturated rings. The SMILES string of the molecule is C1CCCC1.CCCCCCS(=O)(=O)Cl.O=S(=O)(Cl)Cl. The molecule has 0 heterocycles. The molecule has 20 heavy (non-hydrogen) atoms. The van der Waals surface area contributed by atoms with Crippen LogP contribution in [0.5, 0.6) is 0 Å². The minimum absolute atomic E-state index is 0.120. The zero-order chi connectivity index (χ0) is 16.1. The summed E-state index contributed by atoms with van der Waals surface area (Å²) in [4.78, 5) is 0. The maximum absolute atomic E-state index is 10.4. The van der Waals surface area contributed by atoms with E-state index in [1.54, 1.807) is 0 Å². The molecule has 0 saturated heterocycles. The lowest BCUT2D eigenvalue weighted by Gasteiger charge is -1.94. The average Bonchev–Trinajstić information content (AvgIpc) is 2.79. The summed E-state index contributed by atoms with van der Waals surface area (Å²) in [5.74, 6) is 0.120. The summed E-state index contributed by atoms with van der Waals surface area (Å²) in [6, 6.07) is 0. The van der Waals surface area contributed by atoms with E-state index in [9.17, 15) is 8.42 Å². The van der Waals surface area contributed by atoms with Gasteiger partial charge in [-0.3, -0.25) is 0 Å². The first kappa shape index (κ1) is 23.0. The fraction of sp³-hybridized carbons (Fsp3) is 1.00. The second kappa shape index (κ2) is 13.4. The Morgan fingerprint density at radius 3 is 1.35 bits per heavy atom. The monoisotopic (exact) mass is 388 g/mol. The maximum Gasteiger partial charge on any atom is 0.317 e. The van der Waals surface area contributed by atoms with Gasteiger partial charge in [-0.15, -0.1) is 0 Å². The van der Waals surface area contributed by atoms with Crippen molar-refractivity contribution in [3.8, 4) is 0 Å². The smallest absolute Gasteiger partial charge is 0.212 e. The fourth-order valence-electron chi connectivity index (χ4n) is 1.59. The molecule has 0 aromatic rings. The Morgan fingerprint density at radius 1 is 0.750 bits per heavy atom. The van der Waals surface area contributed by atoms with Crippen molar-refractivity contribution < 1.29 is 16.8 Å². The van der Waals surface area contributed by atoms with Crippen LogP contribution in [0.2, 0.25) is 0 Å². The summed E-state index contributed by atoms with van der Waals surface area (Å²) in [5, 5.41) is 0. The largest absolute Gasteiger partial charge is 0.317 e. The summed E-state index contributed by atoms with van der Waals surface area (Å²) in [7, 11) is 6.57. The van der Waals surface area contributed by atoms with E-state index in [0.717, 1.165) is 19.3 Å². The first-order valence-electron chi connectivity index (χ1n) is 6.63. The fourth-order valence-corrected chi connectivity index (χ4v) is 2.46. The summed E-state index contributed by atoms with van der Waals surface area (Å²) in [6.07, 6.45) is 11.4. The highest BCUT2D eigenvalue weighted by Crippen LogP contribution is 2.15. The molecular weight excluding hydrogens is 367 g/mol. The normalized spacial score (nSPS) is 14.8.